The first-order valence-corrected chi connectivity index (χ1v) is 4.01. The van der Waals surface area contributed by atoms with Crippen molar-refractivity contribution in [3.8, 4) is 0 Å². The topological polar surface area (TPSA) is 49.9 Å². The van der Waals surface area contributed by atoms with Gasteiger partial charge in [-0.2, -0.15) is 0 Å². The number of rotatable bonds is 3. The second-order valence-electron chi connectivity index (χ2n) is 1.75. The number of nitrogens with two attached hydrogens (primary N) is 1. The molecule has 12 heavy (non-hydrogen) atoms. The first-order valence-electron chi connectivity index (χ1n) is 4.01. The molecule has 0 aliphatic rings. The first kappa shape index (κ1) is 13.3. The minimum Gasteiger partial charge on any atom is -0.398 e. The Balaban J connectivity index is 0. The number of hydrogen-bond acceptors (Lipinski definition) is 2. The maximum atomic E-state index is 6.92. The van der Waals surface area contributed by atoms with Crippen molar-refractivity contribution in [2.24, 2.45) is 5.73 Å². The van der Waals surface area contributed by atoms with Gasteiger partial charge in [0, 0.05) is 17.5 Å². The van der Waals surface area contributed by atoms with Crippen molar-refractivity contribution in [2.75, 3.05) is 0 Å². The van der Waals surface area contributed by atoms with Crippen LogP contribution in [0.5, 0.6) is 0 Å². The van der Waals surface area contributed by atoms with Gasteiger partial charge < -0.3 is 11.1 Å². The van der Waals surface area contributed by atoms with Crippen molar-refractivity contribution in [2.45, 2.75) is 20.8 Å². The summed E-state index contributed by atoms with van der Waals surface area (Å²) in [6.45, 7) is 9.33. The normalized spacial score (nSPS) is 11.2. The highest BCUT2D eigenvalue weighted by Crippen LogP contribution is 1.99. The number of hydrogen-bond donors (Lipinski definition) is 2. The van der Waals surface area contributed by atoms with Gasteiger partial charge in [0.1, 0.15) is 0 Å². The molecule has 0 aromatic heterocycles. The van der Waals surface area contributed by atoms with Crippen LogP contribution < -0.4 is 5.73 Å². The maximum absolute atomic E-state index is 6.92. The molecule has 2 nitrogen and oxygen atoms in total. The summed E-state index contributed by atoms with van der Waals surface area (Å²) in [6, 6.07) is 0. The predicted octanol–water partition coefficient (Wildman–Crippen LogP) is 2.64. The zero-order valence-corrected chi connectivity index (χ0v) is 8.09. The molecule has 68 valence electrons. The van der Waals surface area contributed by atoms with Crippen molar-refractivity contribution in [1.29, 1.82) is 5.41 Å². The van der Waals surface area contributed by atoms with Crippen LogP contribution in [0.1, 0.15) is 20.8 Å². The second-order valence-corrected chi connectivity index (χ2v) is 1.75. The molecule has 0 atom stereocenters. The second kappa shape index (κ2) is 9.69. The summed E-state index contributed by atoms with van der Waals surface area (Å²) in [5.41, 5.74) is 6.82. The van der Waals surface area contributed by atoms with Gasteiger partial charge in [0.05, 0.1) is 0 Å². The average molecular weight is 166 g/mol. The minimum absolute atomic E-state index is 0.576. The molecule has 0 aliphatic heterocycles. The van der Waals surface area contributed by atoms with E-state index in [0.717, 1.165) is 5.57 Å². The molecule has 0 amide bonds. The van der Waals surface area contributed by atoms with E-state index in [1.165, 1.54) is 6.21 Å². The highest BCUT2D eigenvalue weighted by molar-refractivity contribution is 5.81. The molecule has 0 spiro atoms. The Hall–Kier alpha value is -1.31. The molecule has 0 bridgehead atoms. The summed E-state index contributed by atoms with van der Waals surface area (Å²) < 4.78 is 0. The Morgan fingerprint density at radius 2 is 1.92 bits per heavy atom. The van der Waals surface area contributed by atoms with Gasteiger partial charge in [0.15, 0.2) is 0 Å². The Kier molecular flexibility index (Phi) is 10.7. The van der Waals surface area contributed by atoms with Crippen LogP contribution in [0.2, 0.25) is 0 Å². The van der Waals surface area contributed by atoms with Gasteiger partial charge in [-0.1, -0.05) is 32.6 Å². The van der Waals surface area contributed by atoms with E-state index in [2.05, 4.69) is 6.58 Å². The van der Waals surface area contributed by atoms with Crippen molar-refractivity contribution in [1.82, 2.24) is 0 Å². The summed E-state index contributed by atoms with van der Waals surface area (Å²) in [4.78, 5) is 0. The quantitative estimate of drug-likeness (QED) is 0.491. The molecule has 0 aromatic carbocycles. The standard InChI is InChI=1S/C8H12N2.C2H6/c1-3-5-8(10)7(4-2)6-9;1-2/h3-6,9H,1,10H2,2H3;1-2H3/b7-4-,8-5+,9-6?;. The van der Waals surface area contributed by atoms with Crippen molar-refractivity contribution in [3.05, 3.63) is 36.1 Å². The SMILES string of the molecule is C=C/C=C(N)\C(C=N)=C/C.CC. The lowest BCUT2D eigenvalue weighted by Gasteiger charge is -1.96. The van der Waals surface area contributed by atoms with Crippen LogP contribution in [0.3, 0.4) is 0 Å². The van der Waals surface area contributed by atoms with Gasteiger partial charge in [-0.15, -0.1) is 0 Å². The van der Waals surface area contributed by atoms with Crippen LogP contribution in [0.4, 0.5) is 0 Å². The van der Waals surface area contributed by atoms with E-state index in [9.17, 15) is 0 Å². The van der Waals surface area contributed by atoms with Crippen LogP contribution in [-0.4, -0.2) is 6.21 Å². The van der Waals surface area contributed by atoms with Crippen molar-refractivity contribution >= 4 is 6.21 Å². The van der Waals surface area contributed by atoms with Gasteiger partial charge in [-0.05, 0) is 13.0 Å². The van der Waals surface area contributed by atoms with E-state index in [1.54, 1.807) is 18.2 Å². The lowest BCUT2D eigenvalue weighted by Crippen LogP contribution is -2.00. The molecular formula is C10H18N2. The molecule has 3 N–H and O–H groups in total. The Bertz CT molecular complexity index is 188. The number of allylic oxidation sites excluding steroid dienone is 4. The fourth-order valence-electron chi connectivity index (χ4n) is 0.557. The molecule has 0 heterocycles. The summed E-state index contributed by atoms with van der Waals surface area (Å²) in [7, 11) is 0. The van der Waals surface area contributed by atoms with Crippen LogP contribution >= 0.6 is 0 Å². The fourth-order valence-corrected chi connectivity index (χ4v) is 0.557. The van der Waals surface area contributed by atoms with E-state index >= 15 is 0 Å². The molecule has 0 rings (SSSR count). The van der Waals surface area contributed by atoms with Crippen LogP contribution in [-0.2, 0) is 0 Å². The highest BCUT2D eigenvalue weighted by Gasteiger charge is 1.91. The van der Waals surface area contributed by atoms with Gasteiger partial charge in [0.2, 0.25) is 0 Å². The van der Waals surface area contributed by atoms with E-state index in [-0.39, 0.29) is 0 Å². The molecular weight excluding hydrogens is 148 g/mol. The van der Waals surface area contributed by atoms with E-state index in [4.69, 9.17) is 11.1 Å². The number of nitrogens with one attached hydrogen (secondary N) is 1. The lowest BCUT2D eigenvalue weighted by atomic mass is 10.2. The smallest absolute Gasteiger partial charge is 0.0399 e. The molecule has 0 aromatic rings. The largest absolute Gasteiger partial charge is 0.398 e. The zero-order valence-electron chi connectivity index (χ0n) is 8.09. The summed E-state index contributed by atoms with van der Waals surface area (Å²) in [6.07, 6.45) is 6.26. The van der Waals surface area contributed by atoms with Crippen LogP contribution in [0, 0.1) is 5.41 Å². The van der Waals surface area contributed by atoms with Crippen LogP contribution in [0.15, 0.2) is 36.1 Å². The third-order valence-electron chi connectivity index (χ3n) is 1.10. The average Bonchev–Trinajstić information content (AvgIpc) is 2.11. The molecule has 0 fully saturated rings. The molecule has 0 aliphatic carbocycles. The molecule has 0 saturated carbocycles. The third-order valence-corrected chi connectivity index (χ3v) is 1.10. The Morgan fingerprint density at radius 3 is 2.17 bits per heavy atom. The first-order chi connectivity index (χ1) is 5.76. The summed E-state index contributed by atoms with van der Waals surface area (Å²) in [5, 5.41) is 6.92. The van der Waals surface area contributed by atoms with Crippen molar-refractivity contribution < 1.29 is 0 Å². The van der Waals surface area contributed by atoms with Gasteiger partial charge in [0.25, 0.3) is 0 Å². The summed E-state index contributed by atoms with van der Waals surface area (Å²) in [5.74, 6) is 0. The Morgan fingerprint density at radius 1 is 1.42 bits per heavy atom. The van der Waals surface area contributed by atoms with E-state index < -0.39 is 0 Å². The highest BCUT2D eigenvalue weighted by atomic mass is 14.6. The summed E-state index contributed by atoms with van der Waals surface area (Å²) >= 11 is 0. The third kappa shape index (κ3) is 5.47. The monoisotopic (exact) mass is 166 g/mol. The molecule has 0 radical (unpaired) electrons. The van der Waals surface area contributed by atoms with E-state index in [1.807, 2.05) is 20.8 Å². The van der Waals surface area contributed by atoms with Gasteiger partial charge in [-0.3, -0.25) is 0 Å². The predicted molar refractivity (Wildman–Crippen MR) is 56.4 cm³/mol. The van der Waals surface area contributed by atoms with Crippen LogP contribution in [0.25, 0.3) is 0 Å². The fraction of sp³-hybridized carbons (Fsp3) is 0.300. The zero-order chi connectivity index (χ0) is 9.98. The lowest BCUT2D eigenvalue weighted by molar-refractivity contribution is 1.36. The van der Waals surface area contributed by atoms with Gasteiger partial charge in [-0.25, -0.2) is 0 Å². The molecule has 0 saturated heterocycles. The maximum Gasteiger partial charge on any atom is 0.0399 e. The molecule has 2 heteroatoms. The minimum atomic E-state index is 0.576. The Labute approximate surface area is 75.0 Å². The van der Waals surface area contributed by atoms with E-state index in [0.29, 0.717) is 5.70 Å². The van der Waals surface area contributed by atoms with Gasteiger partial charge >= 0.3 is 0 Å². The van der Waals surface area contributed by atoms with Crippen molar-refractivity contribution in [3.63, 3.8) is 0 Å². The molecule has 0 unspecified atom stereocenters.